The lowest BCUT2D eigenvalue weighted by Crippen LogP contribution is -2.50. The van der Waals surface area contributed by atoms with Gasteiger partial charge in [0, 0.05) is 25.7 Å². The van der Waals surface area contributed by atoms with Crippen molar-refractivity contribution >= 4 is 22.4 Å². The van der Waals surface area contributed by atoms with Crippen LogP contribution in [0, 0.1) is 0 Å². The molecule has 2 aliphatic heterocycles. The van der Waals surface area contributed by atoms with Crippen molar-refractivity contribution in [2.45, 2.75) is 37.0 Å². The molecule has 2 N–H and O–H groups in total. The van der Waals surface area contributed by atoms with Crippen molar-refractivity contribution in [1.29, 1.82) is 0 Å². The highest BCUT2D eigenvalue weighted by molar-refractivity contribution is 7.89. The molecule has 0 saturated carbocycles. The van der Waals surface area contributed by atoms with Gasteiger partial charge in [0.2, 0.25) is 10.0 Å². The van der Waals surface area contributed by atoms with E-state index in [1.165, 1.54) is 0 Å². The van der Waals surface area contributed by atoms with Gasteiger partial charge in [-0.05, 0) is 25.7 Å². The van der Waals surface area contributed by atoms with E-state index < -0.39 is 10.0 Å². The second-order valence-corrected chi connectivity index (χ2v) is 6.86. The lowest BCUT2D eigenvalue weighted by Gasteiger charge is -2.34. The van der Waals surface area contributed by atoms with E-state index in [4.69, 9.17) is 10.5 Å². The molecular formula is C10H21ClN2O3S. The molecule has 0 aliphatic carbocycles. The monoisotopic (exact) mass is 284 g/mol. The van der Waals surface area contributed by atoms with E-state index in [-0.39, 0.29) is 23.7 Å². The summed E-state index contributed by atoms with van der Waals surface area (Å²) >= 11 is 0. The van der Waals surface area contributed by atoms with Crippen LogP contribution in [0.25, 0.3) is 0 Å². The molecule has 102 valence electrons. The van der Waals surface area contributed by atoms with Crippen LogP contribution in [-0.2, 0) is 14.8 Å². The van der Waals surface area contributed by atoms with Crippen molar-refractivity contribution in [3.63, 3.8) is 0 Å². The Morgan fingerprint density at radius 2 is 2.00 bits per heavy atom. The molecule has 0 amide bonds. The van der Waals surface area contributed by atoms with Crippen molar-refractivity contribution in [3.8, 4) is 0 Å². The first kappa shape index (κ1) is 15.2. The number of rotatable bonds is 2. The summed E-state index contributed by atoms with van der Waals surface area (Å²) in [5.74, 6) is 0. The molecule has 17 heavy (non-hydrogen) atoms. The highest BCUT2D eigenvalue weighted by Gasteiger charge is 2.35. The smallest absolute Gasteiger partial charge is 0.219 e. The molecule has 2 fully saturated rings. The molecule has 7 heteroatoms. The molecule has 5 nitrogen and oxygen atoms in total. The van der Waals surface area contributed by atoms with Crippen molar-refractivity contribution in [1.82, 2.24) is 4.31 Å². The number of hydrogen-bond donors (Lipinski definition) is 1. The van der Waals surface area contributed by atoms with Crippen LogP contribution in [0.1, 0.15) is 25.7 Å². The zero-order valence-electron chi connectivity index (χ0n) is 9.88. The third-order valence-corrected chi connectivity index (χ3v) is 5.59. The Labute approximate surface area is 109 Å². The third-order valence-electron chi connectivity index (χ3n) is 3.32. The molecule has 0 aromatic rings. The molecule has 0 aromatic heterocycles. The fourth-order valence-corrected chi connectivity index (χ4v) is 4.30. The number of nitrogens with zero attached hydrogens (tertiary/aromatic N) is 1. The molecule has 2 rings (SSSR count). The van der Waals surface area contributed by atoms with Crippen molar-refractivity contribution < 1.29 is 13.2 Å². The fourth-order valence-electron chi connectivity index (χ4n) is 2.36. The number of sulfonamides is 1. The highest BCUT2D eigenvalue weighted by atomic mass is 35.5. The van der Waals surface area contributed by atoms with E-state index in [0.29, 0.717) is 32.7 Å². The van der Waals surface area contributed by atoms with Gasteiger partial charge in [-0.3, -0.25) is 0 Å². The predicted molar refractivity (Wildman–Crippen MR) is 68.8 cm³/mol. The van der Waals surface area contributed by atoms with Gasteiger partial charge in [0.1, 0.15) is 0 Å². The Morgan fingerprint density at radius 1 is 1.24 bits per heavy atom. The Morgan fingerprint density at radius 3 is 2.59 bits per heavy atom. The Hall–Kier alpha value is 0.120. The summed E-state index contributed by atoms with van der Waals surface area (Å²) < 4.78 is 31.4. The zero-order valence-corrected chi connectivity index (χ0v) is 11.5. The van der Waals surface area contributed by atoms with E-state index >= 15 is 0 Å². The number of ether oxygens (including phenoxy) is 1. The molecule has 0 radical (unpaired) electrons. The summed E-state index contributed by atoms with van der Waals surface area (Å²) in [6.07, 6.45) is 3.35. The van der Waals surface area contributed by atoms with E-state index in [9.17, 15) is 8.42 Å². The number of hydrogen-bond acceptors (Lipinski definition) is 4. The van der Waals surface area contributed by atoms with Gasteiger partial charge >= 0.3 is 0 Å². The average Bonchev–Trinajstić information content (AvgIpc) is 2.30. The van der Waals surface area contributed by atoms with Gasteiger partial charge in [0.15, 0.2) is 0 Å². The van der Waals surface area contributed by atoms with Gasteiger partial charge in [0.05, 0.1) is 11.9 Å². The Kier molecular flexibility index (Phi) is 5.66. The summed E-state index contributed by atoms with van der Waals surface area (Å²) in [5, 5.41) is -0.355. The summed E-state index contributed by atoms with van der Waals surface area (Å²) in [6, 6.07) is -0.00645. The van der Waals surface area contributed by atoms with Crippen LogP contribution < -0.4 is 5.73 Å². The standard InChI is InChI=1S/C10H20N2O3S.ClH/c11-9-3-1-5-12(7-9)16(13,14)10-4-2-6-15-8-10;/h9-10H,1-8,11H2;1H. The number of halogens is 1. The van der Waals surface area contributed by atoms with E-state index in [2.05, 4.69) is 0 Å². The van der Waals surface area contributed by atoms with Crippen molar-refractivity contribution in [2.24, 2.45) is 5.73 Å². The minimum atomic E-state index is -3.19. The molecule has 0 spiro atoms. The average molecular weight is 285 g/mol. The maximum Gasteiger partial charge on any atom is 0.219 e. The first-order chi connectivity index (χ1) is 7.60. The topological polar surface area (TPSA) is 72.6 Å². The Bertz CT molecular complexity index is 330. The summed E-state index contributed by atoms with van der Waals surface area (Å²) in [7, 11) is -3.19. The van der Waals surface area contributed by atoms with Crippen LogP contribution in [-0.4, -0.2) is 50.3 Å². The van der Waals surface area contributed by atoms with Gasteiger partial charge in [0.25, 0.3) is 0 Å². The maximum absolute atomic E-state index is 12.3. The second kappa shape index (κ2) is 6.33. The predicted octanol–water partition coefficient (Wildman–Crippen LogP) is 0.340. The second-order valence-electron chi connectivity index (χ2n) is 4.64. The summed E-state index contributed by atoms with van der Waals surface area (Å²) in [6.45, 7) is 2.12. The van der Waals surface area contributed by atoms with Crippen molar-refractivity contribution in [3.05, 3.63) is 0 Å². The molecule has 2 saturated heterocycles. The lowest BCUT2D eigenvalue weighted by molar-refractivity contribution is 0.0970. The SMILES string of the molecule is Cl.NC1CCCN(S(=O)(=O)C2CCCOC2)C1. The quantitative estimate of drug-likeness (QED) is 0.794. The minimum Gasteiger partial charge on any atom is -0.380 e. The molecule has 2 heterocycles. The van der Waals surface area contributed by atoms with Crippen LogP contribution in [0.5, 0.6) is 0 Å². The lowest BCUT2D eigenvalue weighted by atomic mass is 10.1. The maximum atomic E-state index is 12.3. The zero-order chi connectivity index (χ0) is 11.6. The minimum absolute atomic E-state index is 0. The Balaban J connectivity index is 0.00000144. The third kappa shape index (κ3) is 3.54. The van der Waals surface area contributed by atoms with Gasteiger partial charge in [-0.1, -0.05) is 0 Å². The molecule has 2 aliphatic rings. The first-order valence-corrected chi connectivity index (χ1v) is 7.43. The van der Waals surface area contributed by atoms with Crippen molar-refractivity contribution in [2.75, 3.05) is 26.3 Å². The molecule has 0 aromatic carbocycles. The summed E-state index contributed by atoms with van der Waals surface area (Å²) in [4.78, 5) is 0. The van der Waals surface area contributed by atoms with Crippen LogP contribution >= 0.6 is 12.4 Å². The molecule has 2 unspecified atom stereocenters. The molecular weight excluding hydrogens is 264 g/mol. The van der Waals surface area contributed by atoms with Crippen LogP contribution in [0.4, 0.5) is 0 Å². The van der Waals surface area contributed by atoms with Crippen LogP contribution in [0.3, 0.4) is 0 Å². The number of nitrogens with two attached hydrogens (primary N) is 1. The van der Waals surface area contributed by atoms with E-state index in [1.54, 1.807) is 4.31 Å². The van der Waals surface area contributed by atoms with Gasteiger partial charge in [-0.25, -0.2) is 12.7 Å². The largest absolute Gasteiger partial charge is 0.380 e. The summed E-state index contributed by atoms with van der Waals surface area (Å²) in [5.41, 5.74) is 5.81. The van der Waals surface area contributed by atoms with Crippen LogP contribution in [0.15, 0.2) is 0 Å². The van der Waals surface area contributed by atoms with Gasteiger partial charge < -0.3 is 10.5 Å². The van der Waals surface area contributed by atoms with Crippen LogP contribution in [0.2, 0.25) is 0 Å². The van der Waals surface area contributed by atoms with Gasteiger partial charge in [-0.15, -0.1) is 12.4 Å². The highest BCUT2D eigenvalue weighted by Crippen LogP contribution is 2.21. The van der Waals surface area contributed by atoms with E-state index in [1.807, 2.05) is 0 Å². The first-order valence-electron chi connectivity index (χ1n) is 5.93. The molecule has 0 bridgehead atoms. The normalized spacial score (nSPS) is 31.8. The van der Waals surface area contributed by atoms with E-state index in [0.717, 1.165) is 19.3 Å². The molecule has 2 atom stereocenters. The number of piperidine rings is 1. The fraction of sp³-hybridized carbons (Fsp3) is 1.00. The van der Waals surface area contributed by atoms with Gasteiger partial charge in [-0.2, -0.15) is 0 Å².